The van der Waals surface area contributed by atoms with Crippen molar-refractivity contribution in [3.8, 4) is 5.75 Å². The van der Waals surface area contributed by atoms with Crippen molar-refractivity contribution in [1.82, 2.24) is 14.5 Å². The number of aromatic nitrogens is 2. The lowest BCUT2D eigenvalue weighted by Crippen LogP contribution is -2.51. The summed E-state index contributed by atoms with van der Waals surface area (Å²) in [6, 6.07) is 4.97. The minimum atomic E-state index is -0.505. The molecule has 3 heterocycles. The minimum absolute atomic E-state index is 0.0628. The highest BCUT2D eigenvalue weighted by molar-refractivity contribution is 5.75. The van der Waals surface area contributed by atoms with Gasteiger partial charge in [-0.15, -0.1) is 0 Å². The van der Waals surface area contributed by atoms with Crippen LogP contribution in [0.15, 0.2) is 29.2 Å². The molecule has 1 fully saturated rings. The number of hydrogen-bond donors (Lipinski definition) is 2. The maximum atomic E-state index is 12.3. The molecule has 0 spiro atoms. The lowest BCUT2D eigenvalue weighted by Gasteiger charge is -2.34. The van der Waals surface area contributed by atoms with Crippen molar-refractivity contribution in [3.63, 3.8) is 0 Å². The first kappa shape index (κ1) is 16.9. The first-order chi connectivity index (χ1) is 11.6. The van der Waals surface area contributed by atoms with E-state index in [0.29, 0.717) is 32.0 Å². The Morgan fingerprint density at radius 2 is 2.25 bits per heavy atom. The van der Waals surface area contributed by atoms with E-state index >= 15 is 0 Å². The molecule has 24 heavy (non-hydrogen) atoms. The fourth-order valence-corrected chi connectivity index (χ4v) is 3.08. The number of nitrogens with two attached hydrogens (primary N) is 1. The quantitative estimate of drug-likeness (QED) is 0.812. The maximum Gasteiger partial charge on any atom is 0.251 e. The largest absolute Gasteiger partial charge is 0.492 e. The van der Waals surface area contributed by atoms with E-state index in [1.807, 2.05) is 13.0 Å². The number of aliphatic hydroxyl groups is 1. The first-order valence-corrected chi connectivity index (χ1v) is 8.37. The molecule has 7 nitrogen and oxygen atoms in total. The van der Waals surface area contributed by atoms with Crippen molar-refractivity contribution < 1.29 is 9.84 Å². The number of pyridine rings is 2. The topological polar surface area (TPSA) is 93.6 Å². The minimum Gasteiger partial charge on any atom is -0.492 e. The number of β-amino-alcohol motifs (C(OH)–C–C–N with tert-alkyl or cyclic N) is 1. The molecule has 0 aromatic carbocycles. The average Bonchev–Trinajstić information content (AvgIpc) is 2.57. The van der Waals surface area contributed by atoms with Crippen molar-refractivity contribution in [1.29, 1.82) is 0 Å². The molecule has 0 saturated carbocycles. The summed E-state index contributed by atoms with van der Waals surface area (Å²) in [6.07, 6.45) is 1.93. The van der Waals surface area contributed by atoms with Crippen LogP contribution in [-0.4, -0.2) is 57.9 Å². The van der Waals surface area contributed by atoms with Crippen molar-refractivity contribution in [2.24, 2.45) is 5.73 Å². The van der Waals surface area contributed by atoms with Crippen LogP contribution in [-0.2, 0) is 6.54 Å². The predicted octanol–water partition coefficient (Wildman–Crippen LogP) is 0.189. The molecule has 7 heteroatoms. The number of nitrogens with zero attached hydrogens (tertiary/aromatic N) is 3. The summed E-state index contributed by atoms with van der Waals surface area (Å²) in [7, 11) is 0. The number of aliphatic hydroxyl groups excluding tert-OH is 1. The summed E-state index contributed by atoms with van der Waals surface area (Å²) in [6.45, 7) is 5.06. The second-order valence-electron chi connectivity index (χ2n) is 6.15. The van der Waals surface area contributed by atoms with Gasteiger partial charge in [0.2, 0.25) is 0 Å². The SMILES string of the molecule is CCOc1cnc2ccc(=O)n(CCN3CC[C@H](N)[C@H](O)C3)c2c1. The van der Waals surface area contributed by atoms with Crippen LogP contribution in [0.3, 0.4) is 0 Å². The molecule has 2 atom stereocenters. The Hall–Kier alpha value is -1.96. The molecule has 0 unspecified atom stereocenters. The van der Waals surface area contributed by atoms with Crippen molar-refractivity contribution in [2.45, 2.75) is 32.0 Å². The van der Waals surface area contributed by atoms with E-state index in [0.717, 1.165) is 24.0 Å². The summed E-state index contributed by atoms with van der Waals surface area (Å²) in [5.41, 5.74) is 7.30. The lowest BCUT2D eigenvalue weighted by molar-refractivity contribution is 0.0520. The molecule has 0 amide bonds. The Morgan fingerprint density at radius 3 is 3.00 bits per heavy atom. The summed E-state index contributed by atoms with van der Waals surface area (Å²) in [5, 5.41) is 9.91. The van der Waals surface area contributed by atoms with Gasteiger partial charge >= 0.3 is 0 Å². The lowest BCUT2D eigenvalue weighted by atomic mass is 10.0. The number of likely N-dealkylation sites (tertiary alicyclic amines) is 1. The van der Waals surface area contributed by atoms with Crippen LogP contribution in [0.4, 0.5) is 0 Å². The van der Waals surface area contributed by atoms with Crippen molar-refractivity contribution in [2.75, 3.05) is 26.2 Å². The van der Waals surface area contributed by atoms with Gasteiger partial charge in [0.25, 0.3) is 5.56 Å². The predicted molar refractivity (Wildman–Crippen MR) is 92.2 cm³/mol. The molecule has 1 aliphatic rings. The van der Waals surface area contributed by atoms with Gasteiger partial charge in [-0.3, -0.25) is 14.7 Å². The molecule has 3 N–H and O–H groups in total. The number of piperidine rings is 1. The third-order valence-electron chi connectivity index (χ3n) is 4.48. The van der Waals surface area contributed by atoms with Gasteiger partial charge in [0.15, 0.2) is 0 Å². The van der Waals surface area contributed by atoms with Crippen LogP contribution in [0.25, 0.3) is 11.0 Å². The molecule has 2 aromatic heterocycles. The van der Waals surface area contributed by atoms with Gasteiger partial charge in [-0.2, -0.15) is 0 Å². The Morgan fingerprint density at radius 1 is 1.42 bits per heavy atom. The number of fused-ring (bicyclic) bond motifs is 1. The normalized spacial score (nSPS) is 22.0. The molecule has 3 rings (SSSR count). The van der Waals surface area contributed by atoms with Crippen LogP contribution < -0.4 is 16.0 Å². The van der Waals surface area contributed by atoms with E-state index in [1.54, 1.807) is 16.8 Å². The first-order valence-electron chi connectivity index (χ1n) is 8.37. The van der Waals surface area contributed by atoms with Gasteiger partial charge in [0.05, 0.1) is 29.9 Å². The van der Waals surface area contributed by atoms with E-state index in [1.165, 1.54) is 6.07 Å². The fraction of sp³-hybridized carbons (Fsp3) is 0.529. The summed E-state index contributed by atoms with van der Waals surface area (Å²) in [5.74, 6) is 0.656. The van der Waals surface area contributed by atoms with E-state index in [9.17, 15) is 9.90 Å². The number of rotatable bonds is 5. The molecule has 1 saturated heterocycles. The fourth-order valence-electron chi connectivity index (χ4n) is 3.08. The van der Waals surface area contributed by atoms with Gasteiger partial charge in [0.1, 0.15) is 5.75 Å². The van der Waals surface area contributed by atoms with E-state index in [-0.39, 0.29) is 11.6 Å². The van der Waals surface area contributed by atoms with E-state index in [4.69, 9.17) is 10.5 Å². The van der Waals surface area contributed by atoms with Gasteiger partial charge < -0.3 is 20.1 Å². The third kappa shape index (κ3) is 3.58. The summed E-state index contributed by atoms with van der Waals surface area (Å²) in [4.78, 5) is 18.8. The highest BCUT2D eigenvalue weighted by Gasteiger charge is 2.24. The monoisotopic (exact) mass is 332 g/mol. The van der Waals surface area contributed by atoms with Crippen LogP contribution in [0, 0.1) is 0 Å². The molecule has 0 radical (unpaired) electrons. The van der Waals surface area contributed by atoms with Crippen molar-refractivity contribution >= 4 is 11.0 Å². The molecular weight excluding hydrogens is 308 g/mol. The van der Waals surface area contributed by atoms with Crippen LogP contribution in [0.2, 0.25) is 0 Å². The summed E-state index contributed by atoms with van der Waals surface area (Å²) < 4.78 is 7.21. The maximum absolute atomic E-state index is 12.3. The number of ether oxygens (including phenoxy) is 1. The van der Waals surface area contributed by atoms with Gasteiger partial charge in [-0.05, 0) is 26.0 Å². The Labute approximate surface area is 140 Å². The third-order valence-corrected chi connectivity index (χ3v) is 4.48. The molecule has 1 aliphatic heterocycles. The molecule has 130 valence electrons. The van der Waals surface area contributed by atoms with Crippen molar-refractivity contribution in [3.05, 3.63) is 34.7 Å². The zero-order valence-electron chi connectivity index (χ0n) is 13.9. The molecule has 0 bridgehead atoms. The highest BCUT2D eigenvalue weighted by atomic mass is 16.5. The van der Waals surface area contributed by atoms with Crippen LogP contribution >= 0.6 is 0 Å². The zero-order valence-corrected chi connectivity index (χ0v) is 13.9. The standard InChI is InChI=1S/C17H24N4O3/c1-2-24-12-9-15-14(19-10-12)3-4-17(23)21(15)8-7-20-6-5-13(18)16(22)11-20/h3-4,9-10,13,16,22H,2,5-8,11,18H2,1H3/t13-,16+/m0/s1. The van der Waals surface area contributed by atoms with Gasteiger partial charge in [-0.1, -0.05) is 0 Å². The average molecular weight is 332 g/mol. The zero-order chi connectivity index (χ0) is 17.1. The molecule has 2 aromatic rings. The Kier molecular flexibility index (Phi) is 5.13. The Balaban J connectivity index is 1.81. The summed E-state index contributed by atoms with van der Waals surface area (Å²) >= 11 is 0. The van der Waals surface area contributed by atoms with Crippen LogP contribution in [0.5, 0.6) is 5.75 Å². The van der Waals surface area contributed by atoms with Gasteiger partial charge in [0, 0.05) is 37.8 Å². The molecule has 0 aliphatic carbocycles. The van der Waals surface area contributed by atoms with E-state index < -0.39 is 6.10 Å². The Bertz CT molecular complexity index is 761. The second-order valence-corrected chi connectivity index (χ2v) is 6.15. The van der Waals surface area contributed by atoms with Gasteiger partial charge in [-0.25, -0.2) is 0 Å². The highest BCUT2D eigenvalue weighted by Crippen LogP contribution is 2.17. The second kappa shape index (κ2) is 7.29. The molecular formula is C17H24N4O3. The van der Waals surface area contributed by atoms with Crippen LogP contribution in [0.1, 0.15) is 13.3 Å². The van der Waals surface area contributed by atoms with E-state index in [2.05, 4.69) is 9.88 Å². The smallest absolute Gasteiger partial charge is 0.251 e. The number of hydrogen-bond acceptors (Lipinski definition) is 6.